The molecule has 3 rings (SSSR count). The molecular formula is C16H18ClN3O4. The Morgan fingerprint density at radius 2 is 2.17 bits per heavy atom. The van der Waals surface area contributed by atoms with E-state index in [9.17, 15) is 19.5 Å². The number of amides is 3. The number of nitrogens with one attached hydrogen (secondary N) is 1. The van der Waals surface area contributed by atoms with Gasteiger partial charge >= 0.3 is 0 Å². The lowest BCUT2D eigenvalue weighted by atomic mass is 10.1. The molecular weight excluding hydrogens is 334 g/mol. The van der Waals surface area contributed by atoms with E-state index in [-0.39, 0.29) is 47.5 Å². The molecule has 2 heterocycles. The number of hydrogen-bond acceptors (Lipinski definition) is 4. The summed E-state index contributed by atoms with van der Waals surface area (Å²) in [6.07, 6.45) is 0.542. The van der Waals surface area contributed by atoms with Crippen LogP contribution in [0.3, 0.4) is 0 Å². The minimum absolute atomic E-state index is 0.0327. The van der Waals surface area contributed by atoms with Crippen molar-refractivity contribution in [3.63, 3.8) is 0 Å². The van der Waals surface area contributed by atoms with Crippen molar-refractivity contribution in [3.05, 3.63) is 28.8 Å². The molecule has 8 heteroatoms. The van der Waals surface area contributed by atoms with Crippen LogP contribution in [-0.4, -0.2) is 64.8 Å². The van der Waals surface area contributed by atoms with Crippen LogP contribution >= 0.6 is 11.6 Å². The van der Waals surface area contributed by atoms with Crippen LogP contribution in [0.15, 0.2) is 18.2 Å². The second-order valence-electron chi connectivity index (χ2n) is 6.22. The first kappa shape index (κ1) is 16.6. The molecule has 0 bridgehead atoms. The third-order valence-electron chi connectivity index (χ3n) is 4.40. The number of piperazine rings is 1. The number of carbonyl (C=O) groups is 3. The quantitative estimate of drug-likeness (QED) is 0.811. The number of hydrogen-bond donors (Lipinski definition) is 2. The van der Waals surface area contributed by atoms with Crippen LogP contribution in [0.2, 0.25) is 5.02 Å². The van der Waals surface area contributed by atoms with Crippen molar-refractivity contribution in [2.75, 3.05) is 20.1 Å². The molecule has 0 spiro atoms. The van der Waals surface area contributed by atoms with E-state index in [1.54, 1.807) is 18.0 Å². The van der Waals surface area contributed by atoms with E-state index in [0.717, 1.165) is 0 Å². The highest BCUT2D eigenvalue weighted by atomic mass is 35.5. The maximum Gasteiger partial charge on any atom is 0.245 e. The number of rotatable bonds is 3. The van der Waals surface area contributed by atoms with Gasteiger partial charge in [0.15, 0.2) is 0 Å². The van der Waals surface area contributed by atoms with Crippen LogP contribution in [-0.2, 0) is 20.8 Å². The summed E-state index contributed by atoms with van der Waals surface area (Å²) in [6.45, 7) is 0.438. The molecule has 24 heavy (non-hydrogen) atoms. The lowest BCUT2D eigenvalue weighted by Crippen LogP contribution is -2.55. The maximum absolute atomic E-state index is 12.2. The molecule has 128 valence electrons. The summed E-state index contributed by atoms with van der Waals surface area (Å²) >= 11 is 5.83. The molecule has 2 aliphatic heterocycles. The van der Waals surface area contributed by atoms with Gasteiger partial charge in [0, 0.05) is 19.6 Å². The normalized spacial score (nSPS) is 23.4. The third-order valence-corrected chi connectivity index (χ3v) is 4.70. The second kappa shape index (κ2) is 6.32. The summed E-state index contributed by atoms with van der Waals surface area (Å²) in [5, 5.41) is 12.4. The van der Waals surface area contributed by atoms with Gasteiger partial charge in [-0.05, 0) is 24.1 Å². The Morgan fingerprint density at radius 1 is 1.42 bits per heavy atom. The first-order valence-corrected chi connectivity index (χ1v) is 8.04. The van der Waals surface area contributed by atoms with Crippen LogP contribution in [0.1, 0.15) is 12.0 Å². The number of likely N-dealkylation sites (N-methyl/N-ethyl adjacent to an activating group) is 1. The first-order valence-electron chi connectivity index (χ1n) is 7.66. The molecule has 2 N–H and O–H groups in total. The monoisotopic (exact) mass is 351 g/mol. The van der Waals surface area contributed by atoms with Crippen molar-refractivity contribution in [1.82, 2.24) is 15.1 Å². The number of phenols is 1. The van der Waals surface area contributed by atoms with Gasteiger partial charge in [0.2, 0.25) is 17.7 Å². The molecule has 2 saturated heterocycles. The minimum Gasteiger partial charge on any atom is -0.506 e. The summed E-state index contributed by atoms with van der Waals surface area (Å²) in [4.78, 5) is 39.3. The Hall–Kier alpha value is -2.28. The van der Waals surface area contributed by atoms with Gasteiger partial charge < -0.3 is 20.2 Å². The zero-order chi connectivity index (χ0) is 17.4. The van der Waals surface area contributed by atoms with E-state index >= 15 is 0 Å². The predicted molar refractivity (Wildman–Crippen MR) is 86.5 cm³/mol. The van der Waals surface area contributed by atoms with E-state index in [0.29, 0.717) is 18.5 Å². The summed E-state index contributed by atoms with van der Waals surface area (Å²) < 4.78 is 0. The molecule has 0 aromatic heterocycles. The van der Waals surface area contributed by atoms with Crippen molar-refractivity contribution in [2.24, 2.45) is 0 Å². The van der Waals surface area contributed by atoms with Crippen molar-refractivity contribution in [3.8, 4) is 5.75 Å². The molecule has 2 atom stereocenters. The number of fused-ring (bicyclic) bond motifs is 1. The Labute approximate surface area is 144 Å². The van der Waals surface area contributed by atoms with Crippen LogP contribution in [0, 0.1) is 0 Å². The Kier molecular flexibility index (Phi) is 4.36. The predicted octanol–water partition coefficient (Wildman–Crippen LogP) is 0.146. The number of halogens is 1. The highest BCUT2D eigenvalue weighted by Crippen LogP contribution is 2.25. The van der Waals surface area contributed by atoms with Crippen LogP contribution in [0.5, 0.6) is 5.75 Å². The smallest absolute Gasteiger partial charge is 0.245 e. The SMILES string of the molecule is CN1CC(=O)N2C[C@@H](NC(=O)Cc3ccc(O)c(Cl)c3)C[C@H]2C1=O. The van der Waals surface area contributed by atoms with E-state index < -0.39 is 6.04 Å². The van der Waals surface area contributed by atoms with E-state index in [1.165, 1.54) is 17.0 Å². The fourth-order valence-electron chi connectivity index (χ4n) is 3.20. The first-order chi connectivity index (χ1) is 11.3. The summed E-state index contributed by atoms with van der Waals surface area (Å²) in [7, 11) is 1.61. The third kappa shape index (κ3) is 3.17. The van der Waals surface area contributed by atoms with Gasteiger partial charge in [0.05, 0.1) is 18.0 Å². The molecule has 3 amide bonds. The molecule has 1 aromatic rings. The standard InChI is InChI=1S/C16H18ClN3O4/c1-19-8-15(23)20-7-10(6-12(20)16(19)24)18-14(22)5-9-2-3-13(21)11(17)4-9/h2-4,10,12,21H,5-8H2,1H3,(H,18,22)/t10-,12-/m0/s1. The van der Waals surface area contributed by atoms with Crippen molar-refractivity contribution in [2.45, 2.75) is 24.9 Å². The zero-order valence-corrected chi connectivity index (χ0v) is 13.9. The maximum atomic E-state index is 12.2. The molecule has 0 aliphatic carbocycles. The van der Waals surface area contributed by atoms with Crippen LogP contribution < -0.4 is 5.32 Å². The largest absolute Gasteiger partial charge is 0.506 e. The molecule has 2 fully saturated rings. The Bertz CT molecular complexity index is 709. The summed E-state index contributed by atoms with van der Waals surface area (Å²) in [5.41, 5.74) is 0.679. The molecule has 0 unspecified atom stereocenters. The van der Waals surface area contributed by atoms with Gasteiger partial charge in [0.1, 0.15) is 11.8 Å². The van der Waals surface area contributed by atoms with Gasteiger partial charge in [-0.1, -0.05) is 17.7 Å². The van der Waals surface area contributed by atoms with Crippen molar-refractivity contribution in [1.29, 1.82) is 0 Å². The molecule has 0 radical (unpaired) electrons. The minimum atomic E-state index is -0.482. The Morgan fingerprint density at radius 3 is 2.88 bits per heavy atom. The summed E-state index contributed by atoms with van der Waals surface area (Å²) in [6, 6.07) is 3.88. The number of nitrogens with zero attached hydrogens (tertiary/aromatic N) is 2. The van der Waals surface area contributed by atoms with Gasteiger partial charge in [-0.15, -0.1) is 0 Å². The lowest BCUT2D eigenvalue weighted by Gasteiger charge is -2.33. The average Bonchev–Trinajstić information content (AvgIpc) is 2.93. The highest BCUT2D eigenvalue weighted by molar-refractivity contribution is 6.32. The summed E-state index contributed by atoms with van der Waals surface area (Å²) in [5.74, 6) is -0.426. The van der Waals surface area contributed by atoms with Gasteiger partial charge in [-0.2, -0.15) is 0 Å². The number of phenolic OH excluding ortho intramolecular Hbond substituents is 1. The van der Waals surface area contributed by atoms with E-state index in [2.05, 4.69) is 5.32 Å². The lowest BCUT2D eigenvalue weighted by molar-refractivity contribution is -0.152. The average molecular weight is 352 g/mol. The van der Waals surface area contributed by atoms with Crippen molar-refractivity contribution >= 4 is 29.3 Å². The fraction of sp³-hybridized carbons (Fsp3) is 0.438. The van der Waals surface area contributed by atoms with Crippen LogP contribution in [0.4, 0.5) is 0 Å². The van der Waals surface area contributed by atoms with Gasteiger partial charge in [0.25, 0.3) is 0 Å². The van der Waals surface area contributed by atoms with Crippen LogP contribution in [0.25, 0.3) is 0 Å². The van der Waals surface area contributed by atoms with E-state index in [4.69, 9.17) is 11.6 Å². The second-order valence-corrected chi connectivity index (χ2v) is 6.63. The number of benzene rings is 1. The highest BCUT2D eigenvalue weighted by Gasteiger charge is 2.44. The number of aromatic hydroxyl groups is 1. The van der Waals surface area contributed by atoms with Crippen molar-refractivity contribution < 1.29 is 19.5 Å². The molecule has 7 nitrogen and oxygen atoms in total. The zero-order valence-electron chi connectivity index (χ0n) is 13.2. The van der Waals surface area contributed by atoms with Gasteiger partial charge in [-0.3, -0.25) is 14.4 Å². The fourth-order valence-corrected chi connectivity index (χ4v) is 3.40. The molecule has 2 aliphatic rings. The topological polar surface area (TPSA) is 90.0 Å². The molecule has 0 saturated carbocycles. The van der Waals surface area contributed by atoms with E-state index in [1.807, 2.05) is 0 Å². The molecule has 1 aromatic carbocycles. The van der Waals surface area contributed by atoms with Gasteiger partial charge in [-0.25, -0.2) is 0 Å². The Balaban J connectivity index is 1.60. The number of carbonyl (C=O) groups excluding carboxylic acids is 3.